The smallest absolute Gasteiger partial charge is 0.379 e. The molecule has 6 aliphatic rings. The zero-order chi connectivity index (χ0) is 98.3. The van der Waals surface area contributed by atoms with Crippen molar-refractivity contribution in [3.63, 3.8) is 0 Å². The van der Waals surface area contributed by atoms with Crippen LogP contribution in [-0.4, -0.2) is 220 Å². The molecule has 0 aromatic carbocycles. The molecule has 12 radical (unpaired) electrons. The van der Waals surface area contributed by atoms with Gasteiger partial charge in [0.1, 0.15) is 15.4 Å². The number of aliphatic hydroxyl groups excluding tert-OH is 2. The first-order valence-electron chi connectivity index (χ1n) is 39.0. The van der Waals surface area contributed by atoms with Crippen LogP contribution in [0.25, 0.3) is 0 Å². The number of rotatable bonds is 40. The van der Waals surface area contributed by atoms with Crippen molar-refractivity contribution in [1.29, 1.82) is 0 Å². The Morgan fingerprint density at radius 2 is 0.627 bits per heavy atom. The molecule has 0 spiro atoms. The lowest BCUT2D eigenvalue weighted by Gasteiger charge is -2.24. The number of hydrogen-bond acceptors (Lipinski definition) is 23. The minimum Gasteiger partial charge on any atom is -0.396 e. The molecule has 7 unspecified atom stereocenters. The number of hydrogen-bond donors (Lipinski definition) is 12. The highest BCUT2D eigenvalue weighted by atomic mass is 35.9. The van der Waals surface area contributed by atoms with Crippen molar-refractivity contribution in [3.05, 3.63) is 0 Å². The lowest BCUT2D eigenvalue weighted by molar-refractivity contribution is 0.148. The van der Waals surface area contributed by atoms with Gasteiger partial charge in [-0.3, -0.25) is 31.6 Å². The molecule has 0 amide bonds. The van der Waals surface area contributed by atoms with Crippen LogP contribution in [-0.2, 0) is 131 Å². The van der Waals surface area contributed by atoms with Gasteiger partial charge in [0, 0.05) is 19.1 Å². The van der Waals surface area contributed by atoms with Gasteiger partial charge in [-0.05, 0) is 130 Å². The molecule has 25 nitrogen and oxygen atoms in total. The van der Waals surface area contributed by atoms with Crippen LogP contribution in [0.4, 0.5) is 16.8 Å². The highest BCUT2D eigenvalue weighted by Crippen LogP contribution is 2.74. The molecule has 126 heavy (non-hydrogen) atoms. The minimum atomic E-state index is -5.22. The van der Waals surface area contributed by atoms with Crippen LogP contribution >= 0.6 is 205 Å². The van der Waals surface area contributed by atoms with Crippen LogP contribution in [0.1, 0.15) is 165 Å². The molecule has 0 heterocycles. The van der Waals surface area contributed by atoms with Gasteiger partial charge in [-0.1, -0.05) is 336 Å². The van der Waals surface area contributed by atoms with E-state index in [0.29, 0.717) is 110 Å². The van der Waals surface area contributed by atoms with E-state index >= 15 is 0 Å². The highest BCUT2D eigenvalue weighted by molar-refractivity contribution is 8.63. The topological polar surface area (TPSA) is 425 Å². The fourth-order valence-electron chi connectivity index (χ4n) is 14.6. The molecule has 0 aliphatic heterocycles. The molecule has 6 rings (SSSR count). The Bertz CT molecular complexity index is 3570. The lowest BCUT2D eigenvalue weighted by atomic mass is 9.85. The summed E-state index contributed by atoms with van der Waals surface area (Å²) in [5.74, 6) is 1.53. The summed E-state index contributed by atoms with van der Waals surface area (Å²) in [6.07, 6.45) is 16.4. The summed E-state index contributed by atoms with van der Waals surface area (Å²) in [6.45, 7) is -7.26. The largest absolute Gasteiger partial charge is 0.396 e. The molecular weight excluding hydrogens is 2270 g/mol. The summed E-state index contributed by atoms with van der Waals surface area (Å²) in [5.41, 5.74) is 0. The van der Waals surface area contributed by atoms with Gasteiger partial charge in [-0.25, -0.2) is 0 Å². The third-order valence-electron chi connectivity index (χ3n) is 19.8. The van der Waals surface area contributed by atoms with Crippen molar-refractivity contribution in [1.82, 2.24) is 0 Å². The van der Waals surface area contributed by atoms with E-state index in [0.717, 1.165) is 101 Å². The fourth-order valence-corrected chi connectivity index (χ4v) is 65.2. The predicted molar refractivity (Wildman–Crippen MR) is 560 cm³/mol. The van der Waals surface area contributed by atoms with Crippen LogP contribution in [0, 0.1) is 71.0 Å². The van der Waals surface area contributed by atoms with Crippen molar-refractivity contribution in [3.8, 4) is 0 Å². The minimum absolute atomic E-state index is 0. The molecule has 12 N–H and O–H groups in total. The maximum Gasteiger partial charge on any atom is 0.379 e. The maximum atomic E-state index is 13.3. The zero-order valence-corrected chi connectivity index (χ0v) is 96.3. The van der Waals surface area contributed by atoms with Gasteiger partial charge in [-0.2, -0.15) is 25.2 Å². The molecule has 6 saturated carbocycles. The van der Waals surface area contributed by atoms with Crippen LogP contribution in [0.2, 0.25) is 34.9 Å². The first-order chi connectivity index (χ1) is 56.4. The van der Waals surface area contributed by atoms with Crippen molar-refractivity contribution in [2.45, 2.75) is 200 Å². The van der Waals surface area contributed by atoms with E-state index in [2.05, 4.69) is 95.8 Å². The zero-order valence-electron chi connectivity index (χ0n) is 70.3. The maximum absolute atomic E-state index is 13.3. The Labute approximate surface area is 834 Å². The molecule has 6 fully saturated rings. The van der Waals surface area contributed by atoms with E-state index in [1.54, 1.807) is 0 Å². The van der Waals surface area contributed by atoms with E-state index in [-0.39, 0.29) is 104 Å². The molecule has 66 heteroatoms. The summed E-state index contributed by atoms with van der Waals surface area (Å²) in [6, 6.07) is 0. The summed E-state index contributed by atoms with van der Waals surface area (Å²) in [4.78, 5) is 88.7. The van der Waals surface area contributed by atoms with Crippen LogP contribution in [0.15, 0.2) is 0 Å². The van der Waals surface area contributed by atoms with E-state index in [1.807, 2.05) is 20.8 Å². The standard InChI is InChI=1S/C13H27BO4P2S2.C9H17BF2O4P2.C9H19BO4P2S2.C9H17BO3S.C8H15BF2O5P2.C8H15BO.CH2Cl4P2S2.CH2Cl4P2.CH6O4P2S2.CH4/c1-4-11-7-13(14)8-12(11)9-18-20(17,22-6-3)10-19(15,16)21-5-2;1-2-7-3-9(10)4-8(7)5-16-18(12,15)6-17(11,13)14;1-2-7-3-9(10)4-8(7)5-14-16(13,18)6-15(11,12)17;1-3-7-4-9(10)5-8(7)6-13-14(2,11)12;9-8-1-6(3-12)7(2-8)4-16-18(11,15)5-17(10,13)14;1-2-6-3-8(9)4-7(6)5-10;2-6(3,8)1-7(4,5)9;2-6(3)1-7(4)5;2-6(3,8)1-7(4,5)9;/h11-13H,4-10H2,1-3H3,(H,15,16);7-9H,2-6H2,1H3,(H,13,14);7-9H,2-6H2,1H3,(H,13,18)(H2,11,12,17);7-9H,3-6H2,1-2H3;6-8,12H,1-5H2,(H,13,14);6-8,10H,2-5H2,1H3;1H2;1H2;1H2,(H2,2,3,8)(H2,4,5,9);1H4/t11-,12-,13+,20?;7-,8-,9+,18?;7-,8-,9+,16?;7-,8-,9+;6-,7+,8-,18?;6-,7-,8+;;;;/m111101..../s1. The molecular formula is C60H124B6Cl8F4O25P14S9. The van der Waals surface area contributed by atoms with E-state index in [4.69, 9.17) is 211 Å². The Morgan fingerprint density at radius 3 is 0.841 bits per heavy atom. The Morgan fingerprint density at radius 1 is 0.381 bits per heavy atom. The first kappa shape index (κ1) is 141. The number of halogens is 12. The van der Waals surface area contributed by atoms with E-state index < -0.39 is 120 Å². The first-order valence-corrected chi connectivity index (χ1v) is 82.3. The van der Waals surface area contributed by atoms with Gasteiger partial charge in [-0.15, -0.1) is 0 Å². The molecule has 25 atom stereocenters. The molecule has 0 aromatic heterocycles. The molecule has 0 aromatic rings. The lowest BCUT2D eigenvalue weighted by Crippen LogP contribution is -2.17. The highest BCUT2D eigenvalue weighted by Gasteiger charge is 2.43. The van der Waals surface area contributed by atoms with Gasteiger partial charge in [0.15, 0.2) is 37.8 Å². The van der Waals surface area contributed by atoms with E-state index in [9.17, 15) is 62.4 Å². The normalized spacial score (nSPS) is 29.5. The Hall–Kier alpha value is 8.54. The molecule has 6 aliphatic carbocycles. The van der Waals surface area contributed by atoms with Crippen molar-refractivity contribution in [2.75, 3.05) is 105 Å². The van der Waals surface area contributed by atoms with Crippen LogP contribution in [0.5, 0.6) is 0 Å². The predicted octanol–water partition coefficient (Wildman–Crippen LogP) is 25.0. The van der Waals surface area contributed by atoms with Gasteiger partial charge in [0.25, 0.3) is 23.3 Å². The summed E-state index contributed by atoms with van der Waals surface area (Å²) < 4.78 is 161. The Kier molecular flexibility index (Phi) is 75.3. The third-order valence-corrected chi connectivity index (χ3v) is 62.9. The van der Waals surface area contributed by atoms with Gasteiger partial charge < -0.3 is 77.2 Å². The average molecular weight is 2390 g/mol. The second-order valence-corrected chi connectivity index (χ2v) is 91.2. The fraction of sp³-hybridized carbons (Fsp3) is 1.00. The van der Waals surface area contributed by atoms with Crippen molar-refractivity contribution < 1.29 is 134 Å². The van der Waals surface area contributed by atoms with Crippen LogP contribution in [0.3, 0.4) is 0 Å². The monoisotopic (exact) mass is 2390 g/mol. The molecule has 0 bridgehead atoms. The average Bonchev–Trinajstić information content (AvgIpc) is 0.849. The summed E-state index contributed by atoms with van der Waals surface area (Å²) in [5, 5.41) is 18.0. The van der Waals surface area contributed by atoms with Crippen molar-refractivity contribution in [2.24, 2.45) is 71.0 Å². The van der Waals surface area contributed by atoms with Crippen LogP contribution < -0.4 is 0 Å². The second kappa shape index (κ2) is 67.4. The SMILES string of the molecule is C.ClP(Cl)CP(Cl)Cl.OP(O)(=S)CP(O)(O)=S.S=P(Cl)(Cl)CP(=S)(Cl)Cl.[B][C@H]1C[C@@H](CC)[C@@H](CO)C1.[B][C@H]1C[C@@H](CC)[C@@H](COP(=O)(CP(=O)(O)SCC)SCC)C1.[B][C@H]1C[C@@H](CC)[C@@H](COP(=O)(F)CP(=O)(O)F)C1.[B][C@H]1C[C@@H](CC)[C@@H](COP(O)(=S)CP(O)(O)=S)C1.[B][C@H]1C[C@@H](CC)[C@@H](COS(C)(=O)=O)C1.[B][C@H]1C[C@@H](CO)[C@@H](COP(=O)(F)CP(=O)(O)F)C1. The van der Waals surface area contributed by atoms with Gasteiger partial charge in [0.2, 0.25) is 0 Å². The second-order valence-electron chi connectivity index (χ2n) is 31.0. The summed E-state index contributed by atoms with van der Waals surface area (Å²) in [7, 11) is 11.4. The quantitative estimate of drug-likeness (QED) is 0.0117. The van der Waals surface area contributed by atoms with Gasteiger partial charge >= 0.3 is 30.7 Å². The van der Waals surface area contributed by atoms with Gasteiger partial charge in [0.05, 0.1) is 117 Å². The summed E-state index contributed by atoms with van der Waals surface area (Å²) >= 11 is 72.4. The Balaban J connectivity index is -0.000000677. The third kappa shape index (κ3) is 77.0. The molecule has 0 saturated heterocycles. The van der Waals surface area contributed by atoms with E-state index in [1.165, 1.54) is 17.8 Å². The molecule has 740 valence electrons. The van der Waals surface area contributed by atoms with Crippen molar-refractivity contribution >= 4 is 333 Å². The number of aliphatic hydroxyl groups is 2.